The third kappa shape index (κ3) is 4.00. The normalized spacial score (nSPS) is 10.4. The molecule has 112 valence electrons. The quantitative estimate of drug-likeness (QED) is 0.807. The van der Waals surface area contributed by atoms with Crippen LogP contribution in [0.3, 0.4) is 0 Å². The number of nitrogens with one attached hydrogen (secondary N) is 2. The second-order valence-corrected chi connectivity index (χ2v) is 5.01. The van der Waals surface area contributed by atoms with Gasteiger partial charge in [0.25, 0.3) is 5.91 Å². The van der Waals surface area contributed by atoms with Gasteiger partial charge in [-0.15, -0.1) is 0 Å². The van der Waals surface area contributed by atoms with Gasteiger partial charge in [-0.05, 0) is 18.2 Å². The molecular formula is C15H18ClN3O2. The molecule has 1 aromatic heterocycles. The van der Waals surface area contributed by atoms with Gasteiger partial charge >= 0.3 is 0 Å². The predicted molar refractivity (Wildman–Crippen MR) is 85.2 cm³/mol. The van der Waals surface area contributed by atoms with Gasteiger partial charge in [0.2, 0.25) is 0 Å². The molecule has 0 radical (unpaired) electrons. The number of aromatic nitrogens is 1. The molecule has 5 nitrogen and oxygen atoms in total. The fourth-order valence-electron chi connectivity index (χ4n) is 1.97. The van der Waals surface area contributed by atoms with Gasteiger partial charge in [-0.1, -0.05) is 23.7 Å². The lowest BCUT2D eigenvalue weighted by atomic mass is 10.2. The van der Waals surface area contributed by atoms with E-state index in [0.717, 1.165) is 11.4 Å². The van der Waals surface area contributed by atoms with Crippen molar-refractivity contribution in [3.63, 3.8) is 0 Å². The molecule has 0 saturated heterocycles. The van der Waals surface area contributed by atoms with Crippen molar-refractivity contribution >= 4 is 28.9 Å². The summed E-state index contributed by atoms with van der Waals surface area (Å²) in [5, 5.41) is 6.64. The number of amides is 1. The highest BCUT2D eigenvalue weighted by atomic mass is 35.5. The summed E-state index contributed by atoms with van der Waals surface area (Å²) in [5.74, 6) is -0.203. The highest BCUT2D eigenvalue weighted by Crippen LogP contribution is 2.22. The minimum atomic E-state index is -0.203. The molecule has 0 fully saturated rings. The first-order valence-corrected chi connectivity index (χ1v) is 6.94. The number of benzene rings is 1. The SMILES string of the molecule is COCCNc1ccccc1NC(=O)c1cc(Cl)cn1C. The molecule has 0 aliphatic carbocycles. The second-order valence-electron chi connectivity index (χ2n) is 4.57. The van der Waals surface area contributed by atoms with Gasteiger partial charge in [0.1, 0.15) is 5.69 Å². The molecule has 2 N–H and O–H groups in total. The zero-order valence-electron chi connectivity index (χ0n) is 12.0. The van der Waals surface area contributed by atoms with Crippen molar-refractivity contribution in [1.29, 1.82) is 0 Å². The highest BCUT2D eigenvalue weighted by molar-refractivity contribution is 6.31. The molecule has 0 saturated carbocycles. The van der Waals surface area contributed by atoms with Crippen LogP contribution in [0.25, 0.3) is 0 Å². The summed E-state index contributed by atoms with van der Waals surface area (Å²) in [6.45, 7) is 1.26. The molecule has 0 aliphatic heterocycles. The minimum absolute atomic E-state index is 0.203. The fraction of sp³-hybridized carbons (Fsp3) is 0.267. The number of halogens is 1. The van der Waals surface area contributed by atoms with Gasteiger partial charge in [0.15, 0.2) is 0 Å². The van der Waals surface area contributed by atoms with Gasteiger partial charge in [-0.25, -0.2) is 0 Å². The smallest absolute Gasteiger partial charge is 0.272 e. The van der Waals surface area contributed by atoms with Crippen LogP contribution < -0.4 is 10.6 Å². The molecule has 0 spiro atoms. The molecule has 6 heteroatoms. The van der Waals surface area contributed by atoms with Crippen LogP contribution >= 0.6 is 11.6 Å². The van der Waals surface area contributed by atoms with E-state index in [-0.39, 0.29) is 5.91 Å². The maximum Gasteiger partial charge on any atom is 0.272 e. The number of aryl methyl sites for hydroxylation is 1. The lowest BCUT2D eigenvalue weighted by Gasteiger charge is -2.13. The van der Waals surface area contributed by atoms with Gasteiger partial charge in [-0.2, -0.15) is 0 Å². The monoisotopic (exact) mass is 307 g/mol. The molecule has 0 aliphatic rings. The van der Waals surface area contributed by atoms with E-state index in [2.05, 4.69) is 10.6 Å². The van der Waals surface area contributed by atoms with E-state index in [9.17, 15) is 4.79 Å². The average Bonchev–Trinajstić information content (AvgIpc) is 2.80. The summed E-state index contributed by atoms with van der Waals surface area (Å²) < 4.78 is 6.70. The lowest BCUT2D eigenvalue weighted by molar-refractivity contribution is 0.101. The number of rotatable bonds is 6. The van der Waals surface area contributed by atoms with E-state index in [1.54, 1.807) is 31.0 Å². The average molecular weight is 308 g/mol. The highest BCUT2D eigenvalue weighted by Gasteiger charge is 2.13. The Kier molecular flexibility index (Phi) is 5.25. The van der Waals surface area contributed by atoms with Crippen molar-refractivity contribution < 1.29 is 9.53 Å². The first-order valence-electron chi connectivity index (χ1n) is 6.57. The molecule has 2 rings (SSSR count). The largest absolute Gasteiger partial charge is 0.383 e. The Labute approximate surface area is 128 Å². The summed E-state index contributed by atoms with van der Waals surface area (Å²) in [6, 6.07) is 9.16. The Morgan fingerprint density at radius 3 is 2.67 bits per heavy atom. The zero-order chi connectivity index (χ0) is 15.2. The number of hydrogen-bond donors (Lipinski definition) is 2. The van der Waals surface area contributed by atoms with Crippen LogP contribution in [-0.2, 0) is 11.8 Å². The molecule has 21 heavy (non-hydrogen) atoms. The number of methoxy groups -OCH3 is 1. The maximum atomic E-state index is 12.3. The number of ether oxygens (including phenoxy) is 1. The van der Waals surface area contributed by atoms with E-state index >= 15 is 0 Å². The summed E-state index contributed by atoms with van der Waals surface area (Å²) >= 11 is 5.90. The summed E-state index contributed by atoms with van der Waals surface area (Å²) in [4.78, 5) is 12.3. The Hall–Kier alpha value is -1.98. The number of anilines is 2. The van der Waals surface area contributed by atoms with E-state index < -0.39 is 0 Å². The summed E-state index contributed by atoms with van der Waals surface area (Å²) in [7, 11) is 3.43. The Morgan fingerprint density at radius 1 is 1.33 bits per heavy atom. The van der Waals surface area contributed by atoms with Crippen molar-refractivity contribution in [3.05, 3.63) is 47.2 Å². The van der Waals surface area contributed by atoms with Crippen LogP contribution in [-0.4, -0.2) is 30.7 Å². The van der Waals surface area contributed by atoms with Gasteiger partial charge in [-0.3, -0.25) is 4.79 Å². The lowest BCUT2D eigenvalue weighted by Crippen LogP contribution is -2.17. The van der Waals surface area contributed by atoms with Crippen LogP contribution in [0.1, 0.15) is 10.5 Å². The molecule has 2 aromatic rings. The van der Waals surface area contributed by atoms with Crippen LogP contribution in [0.15, 0.2) is 36.5 Å². The topological polar surface area (TPSA) is 55.3 Å². The number of nitrogens with zero attached hydrogens (tertiary/aromatic N) is 1. The third-order valence-electron chi connectivity index (χ3n) is 3.00. The molecule has 1 amide bonds. The first-order chi connectivity index (χ1) is 10.1. The first kappa shape index (κ1) is 15.4. The fourth-order valence-corrected chi connectivity index (χ4v) is 2.22. The molecule has 1 heterocycles. The molecule has 0 unspecified atom stereocenters. The van der Waals surface area contributed by atoms with Crippen molar-refractivity contribution in [2.75, 3.05) is 30.9 Å². The van der Waals surface area contributed by atoms with E-state index in [1.807, 2.05) is 24.3 Å². The van der Waals surface area contributed by atoms with Crippen LogP contribution in [0.5, 0.6) is 0 Å². The van der Waals surface area contributed by atoms with E-state index in [1.165, 1.54) is 0 Å². The van der Waals surface area contributed by atoms with E-state index in [0.29, 0.717) is 23.9 Å². The van der Waals surface area contributed by atoms with E-state index in [4.69, 9.17) is 16.3 Å². The second kappa shape index (κ2) is 7.15. The maximum absolute atomic E-state index is 12.3. The van der Waals surface area contributed by atoms with Crippen molar-refractivity contribution in [1.82, 2.24) is 4.57 Å². The minimum Gasteiger partial charge on any atom is -0.383 e. The van der Waals surface area contributed by atoms with Gasteiger partial charge in [0, 0.05) is 26.9 Å². The molecule has 0 bridgehead atoms. The molecule has 1 aromatic carbocycles. The van der Waals surface area contributed by atoms with Crippen molar-refractivity contribution in [3.8, 4) is 0 Å². The Balaban J connectivity index is 2.12. The molecular weight excluding hydrogens is 290 g/mol. The van der Waals surface area contributed by atoms with Crippen molar-refractivity contribution in [2.45, 2.75) is 0 Å². The standard InChI is InChI=1S/C15H18ClN3O2/c1-19-10-11(16)9-14(19)15(20)18-13-6-4-3-5-12(13)17-7-8-21-2/h3-6,9-10,17H,7-8H2,1-2H3,(H,18,20). The number of hydrogen-bond acceptors (Lipinski definition) is 3. The van der Waals surface area contributed by atoms with Crippen LogP contribution in [0, 0.1) is 0 Å². The number of carbonyl (C=O) groups excluding carboxylic acids is 1. The zero-order valence-corrected chi connectivity index (χ0v) is 12.8. The van der Waals surface area contributed by atoms with Crippen LogP contribution in [0.4, 0.5) is 11.4 Å². The van der Waals surface area contributed by atoms with Gasteiger partial charge in [0.05, 0.1) is 23.0 Å². The predicted octanol–water partition coefficient (Wildman–Crippen LogP) is 2.99. The molecule has 0 atom stereocenters. The Morgan fingerprint density at radius 2 is 2.05 bits per heavy atom. The summed E-state index contributed by atoms with van der Waals surface area (Å²) in [6.07, 6.45) is 1.69. The Bertz CT molecular complexity index is 625. The summed E-state index contributed by atoms with van der Waals surface area (Å²) in [5.41, 5.74) is 2.07. The third-order valence-corrected chi connectivity index (χ3v) is 3.21. The van der Waals surface area contributed by atoms with Gasteiger partial charge < -0.3 is 19.9 Å². The van der Waals surface area contributed by atoms with Crippen LogP contribution in [0.2, 0.25) is 5.02 Å². The number of carbonyl (C=O) groups is 1. The number of para-hydroxylation sites is 2. The van der Waals surface area contributed by atoms with Crippen molar-refractivity contribution in [2.24, 2.45) is 7.05 Å².